The standard InChI is InChI=1S/C30H37N5O5/c1-18(2)23(24(36)28(39)32-17-21-14-12-20(16-31)13-15-21)34-26(37)19(3)33-29(40)25(30(4,5)6)35-27(38)22-10-8-7-9-11-22/h7-15,18-19,23,25H,17H2,1-6H3,(H,32,39)(H,33,40)(H,34,37)(H,35,38)/t19-,23-,25+/m0/s1. The zero-order valence-corrected chi connectivity index (χ0v) is 23.7. The van der Waals surface area contributed by atoms with Crippen LogP contribution in [0, 0.1) is 22.7 Å². The van der Waals surface area contributed by atoms with Gasteiger partial charge in [-0.3, -0.25) is 24.0 Å². The number of nitrogens with one attached hydrogen (secondary N) is 4. The van der Waals surface area contributed by atoms with Crippen molar-refractivity contribution in [1.82, 2.24) is 21.3 Å². The lowest BCUT2D eigenvalue weighted by Gasteiger charge is -2.31. The molecule has 10 heteroatoms. The van der Waals surface area contributed by atoms with Crippen molar-refractivity contribution >= 4 is 29.4 Å². The van der Waals surface area contributed by atoms with E-state index in [9.17, 15) is 24.0 Å². The first kappa shape index (κ1) is 31.7. The molecule has 4 N–H and O–H groups in total. The van der Waals surface area contributed by atoms with E-state index in [1.54, 1.807) is 89.2 Å². The summed E-state index contributed by atoms with van der Waals surface area (Å²) in [6.45, 7) is 10.3. The summed E-state index contributed by atoms with van der Waals surface area (Å²) in [7, 11) is 0. The number of nitriles is 1. The fourth-order valence-corrected chi connectivity index (χ4v) is 3.76. The first-order valence-corrected chi connectivity index (χ1v) is 13.0. The van der Waals surface area contributed by atoms with Crippen LogP contribution >= 0.6 is 0 Å². The Hall–Kier alpha value is -4.52. The van der Waals surface area contributed by atoms with Crippen molar-refractivity contribution in [2.45, 2.75) is 66.2 Å². The number of ketones is 1. The van der Waals surface area contributed by atoms with Gasteiger partial charge in [-0.25, -0.2) is 0 Å². The number of carbonyl (C=O) groups excluding carboxylic acids is 5. The third kappa shape index (κ3) is 9.05. The van der Waals surface area contributed by atoms with Crippen molar-refractivity contribution in [3.63, 3.8) is 0 Å². The van der Waals surface area contributed by atoms with Crippen LogP contribution in [0.1, 0.15) is 63.0 Å². The second-order valence-corrected chi connectivity index (χ2v) is 11.0. The van der Waals surface area contributed by atoms with Gasteiger partial charge in [0.1, 0.15) is 12.1 Å². The molecular formula is C30H37N5O5. The molecule has 0 spiro atoms. The predicted molar refractivity (Wildman–Crippen MR) is 150 cm³/mol. The maximum absolute atomic E-state index is 13.1. The average molecular weight is 548 g/mol. The summed E-state index contributed by atoms with van der Waals surface area (Å²) < 4.78 is 0. The Balaban J connectivity index is 2.02. The number of benzene rings is 2. The zero-order chi connectivity index (χ0) is 30.0. The molecule has 0 aliphatic carbocycles. The van der Waals surface area contributed by atoms with Gasteiger partial charge in [0.15, 0.2) is 0 Å². The van der Waals surface area contributed by atoms with Gasteiger partial charge < -0.3 is 21.3 Å². The van der Waals surface area contributed by atoms with E-state index in [4.69, 9.17) is 5.26 Å². The smallest absolute Gasteiger partial charge is 0.289 e. The van der Waals surface area contributed by atoms with E-state index in [0.717, 1.165) is 0 Å². The van der Waals surface area contributed by atoms with E-state index in [1.165, 1.54) is 6.92 Å². The van der Waals surface area contributed by atoms with Gasteiger partial charge in [-0.2, -0.15) is 5.26 Å². The number of carbonyl (C=O) groups is 5. The number of nitrogens with zero attached hydrogens (tertiary/aromatic N) is 1. The van der Waals surface area contributed by atoms with Gasteiger partial charge in [0.05, 0.1) is 17.7 Å². The van der Waals surface area contributed by atoms with Crippen LogP contribution in [0.4, 0.5) is 0 Å². The summed E-state index contributed by atoms with van der Waals surface area (Å²) in [6, 6.07) is 13.9. The quantitative estimate of drug-likeness (QED) is 0.316. The fourth-order valence-electron chi connectivity index (χ4n) is 3.76. The first-order valence-electron chi connectivity index (χ1n) is 13.0. The molecule has 0 aromatic heterocycles. The highest BCUT2D eigenvalue weighted by Crippen LogP contribution is 2.20. The largest absolute Gasteiger partial charge is 0.345 e. The van der Waals surface area contributed by atoms with Crippen molar-refractivity contribution in [2.24, 2.45) is 11.3 Å². The van der Waals surface area contributed by atoms with Crippen molar-refractivity contribution < 1.29 is 24.0 Å². The summed E-state index contributed by atoms with van der Waals surface area (Å²) in [5.41, 5.74) is 0.900. The van der Waals surface area contributed by atoms with E-state index in [0.29, 0.717) is 16.7 Å². The molecule has 4 amide bonds. The number of amides is 4. The topological polar surface area (TPSA) is 157 Å². The highest BCUT2D eigenvalue weighted by molar-refractivity contribution is 6.38. The first-order chi connectivity index (χ1) is 18.7. The van der Waals surface area contributed by atoms with Gasteiger partial charge in [-0.05, 0) is 48.1 Å². The lowest BCUT2D eigenvalue weighted by atomic mass is 9.85. The van der Waals surface area contributed by atoms with E-state index in [1.807, 2.05) is 6.07 Å². The van der Waals surface area contributed by atoms with Gasteiger partial charge >= 0.3 is 0 Å². The Morgan fingerprint density at radius 3 is 1.95 bits per heavy atom. The third-order valence-electron chi connectivity index (χ3n) is 6.20. The molecule has 40 heavy (non-hydrogen) atoms. The van der Waals surface area contributed by atoms with Crippen molar-refractivity contribution in [1.29, 1.82) is 5.26 Å². The van der Waals surface area contributed by atoms with E-state index < -0.39 is 58.9 Å². The number of Topliss-reactive ketones (excluding diaryl/α,β-unsaturated/α-hetero) is 1. The summed E-state index contributed by atoms with van der Waals surface area (Å²) in [4.78, 5) is 64.2. The minimum Gasteiger partial charge on any atom is -0.345 e. The van der Waals surface area contributed by atoms with Crippen LogP contribution in [-0.2, 0) is 25.7 Å². The van der Waals surface area contributed by atoms with Crippen LogP contribution in [0.15, 0.2) is 54.6 Å². The highest BCUT2D eigenvalue weighted by Gasteiger charge is 2.35. The van der Waals surface area contributed by atoms with Gasteiger partial charge in [0.25, 0.3) is 11.8 Å². The molecule has 0 fully saturated rings. The zero-order valence-electron chi connectivity index (χ0n) is 23.7. The highest BCUT2D eigenvalue weighted by atomic mass is 16.2. The molecule has 10 nitrogen and oxygen atoms in total. The van der Waals surface area contributed by atoms with Gasteiger partial charge in [-0.1, -0.05) is 65.0 Å². The number of hydrogen-bond donors (Lipinski definition) is 4. The fraction of sp³-hybridized carbons (Fsp3) is 0.400. The molecule has 3 atom stereocenters. The Bertz CT molecular complexity index is 1260. The molecular weight excluding hydrogens is 510 g/mol. The van der Waals surface area contributed by atoms with E-state index in [2.05, 4.69) is 21.3 Å². The van der Waals surface area contributed by atoms with Crippen LogP contribution in [0.2, 0.25) is 0 Å². The Labute approximate surface area is 234 Å². The molecule has 0 heterocycles. The van der Waals surface area contributed by atoms with Crippen LogP contribution in [0.5, 0.6) is 0 Å². The Morgan fingerprint density at radius 2 is 1.43 bits per heavy atom. The maximum atomic E-state index is 13.1. The summed E-state index contributed by atoms with van der Waals surface area (Å²) >= 11 is 0. The normalized spacial score (nSPS) is 13.2. The van der Waals surface area contributed by atoms with Crippen molar-refractivity contribution in [3.05, 3.63) is 71.3 Å². The molecule has 212 valence electrons. The Kier molecular flexibility index (Phi) is 11.1. The molecule has 2 aromatic carbocycles. The third-order valence-corrected chi connectivity index (χ3v) is 6.20. The van der Waals surface area contributed by atoms with Gasteiger partial charge in [0, 0.05) is 12.1 Å². The van der Waals surface area contributed by atoms with E-state index in [-0.39, 0.29) is 6.54 Å². The van der Waals surface area contributed by atoms with Crippen LogP contribution in [0.3, 0.4) is 0 Å². The second-order valence-electron chi connectivity index (χ2n) is 11.0. The molecule has 2 rings (SSSR count). The Morgan fingerprint density at radius 1 is 0.825 bits per heavy atom. The van der Waals surface area contributed by atoms with E-state index >= 15 is 0 Å². The minimum absolute atomic E-state index is 0.0738. The maximum Gasteiger partial charge on any atom is 0.289 e. The lowest BCUT2D eigenvalue weighted by Crippen LogP contribution is -2.59. The molecule has 0 radical (unpaired) electrons. The molecule has 0 aliphatic heterocycles. The number of hydrogen-bond acceptors (Lipinski definition) is 6. The van der Waals surface area contributed by atoms with Crippen molar-refractivity contribution in [3.8, 4) is 6.07 Å². The lowest BCUT2D eigenvalue weighted by molar-refractivity contribution is -0.141. The van der Waals surface area contributed by atoms with Crippen LogP contribution in [0.25, 0.3) is 0 Å². The van der Waals surface area contributed by atoms with Gasteiger partial charge in [-0.15, -0.1) is 0 Å². The van der Waals surface area contributed by atoms with Crippen LogP contribution in [-0.4, -0.2) is 47.5 Å². The summed E-state index contributed by atoms with van der Waals surface area (Å²) in [5, 5.41) is 19.4. The average Bonchev–Trinajstić information content (AvgIpc) is 2.92. The monoisotopic (exact) mass is 547 g/mol. The number of rotatable bonds is 11. The predicted octanol–water partition coefficient (Wildman–Crippen LogP) is 2.23. The van der Waals surface area contributed by atoms with Gasteiger partial charge in [0.2, 0.25) is 17.6 Å². The summed E-state index contributed by atoms with van der Waals surface area (Å²) in [6.07, 6.45) is 0. The summed E-state index contributed by atoms with van der Waals surface area (Å²) in [5.74, 6) is -3.73. The van der Waals surface area contributed by atoms with Crippen LogP contribution < -0.4 is 21.3 Å². The molecule has 0 saturated heterocycles. The SMILES string of the molecule is CC(C)[C@H](NC(=O)[C@H](C)NC(=O)[C@@H](NC(=O)c1ccccc1)C(C)(C)C)C(=O)C(=O)NCc1ccc(C#N)cc1. The molecule has 0 saturated carbocycles. The molecule has 0 unspecified atom stereocenters. The molecule has 0 aliphatic rings. The molecule has 2 aromatic rings. The van der Waals surface area contributed by atoms with Crippen molar-refractivity contribution in [2.75, 3.05) is 0 Å². The molecule has 0 bridgehead atoms. The second kappa shape index (κ2) is 14.0. The minimum atomic E-state index is -1.12.